The molecule has 2 aromatic heterocycles. The van der Waals surface area contributed by atoms with Crippen LogP contribution in [0.15, 0.2) is 180 Å². The lowest BCUT2D eigenvalue weighted by Crippen LogP contribution is -2.00. The molecule has 0 saturated heterocycles. The summed E-state index contributed by atoms with van der Waals surface area (Å²) in [5.41, 5.74) is 9.05. The van der Waals surface area contributed by atoms with Crippen molar-refractivity contribution in [1.29, 1.82) is 0 Å². The van der Waals surface area contributed by atoms with Crippen LogP contribution >= 0.6 is 0 Å². The van der Waals surface area contributed by atoms with Crippen LogP contribution in [0, 0.1) is 0 Å². The molecule has 0 atom stereocenters. The van der Waals surface area contributed by atoms with Gasteiger partial charge in [0.2, 0.25) is 0 Å². The molecule has 0 unspecified atom stereocenters. The summed E-state index contributed by atoms with van der Waals surface area (Å²) in [6.07, 6.45) is 0. The standard InChI is InChI=1S/C47H29N3O/c1-4-13-30(14-5-1)33-25-26-38-43(29-33)51-42-22-12-21-39(44(38)42)47-49-45(32-17-8-3-9-18-32)48-46(50-47)35-24-23-34-27-40(31-15-6-2-7-16-31)36-19-10-11-20-37(36)41(34)28-35/h1-29H. The van der Waals surface area contributed by atoms with Crippen molar-refractivity contribution in [2.24, 2.45) is 0 Å². The van der Waals surface area contributed by atoms with Crippen LogP contribution in [0.3, 0.4) is 0 Å². The lowest BCUT2D eigenvalue weighted by molar-refractivity contribution is 0.669. The molecule has 0 radical (unpaired) electrons. The fraction of sp³-hybridized carbons (Fsp3) is 0. The van der Waals surface area contributed by atoms with E-state index in [0.29, 0.717) is 17.5 Å². The van der Waals surface area contributed by atoms with E-state index in [0.717, 1.165) is 55.1 Å². The van der Waals surface area contributed by atoms with Gasteiger partial charge >= 0.3 is 0 Å². The summed E-state index contributed by atoms with van der Waals surface area (Å²) in [6.45, 7) is 0. The predicted octanol–water partition coefficient (Wildman–Crippen LogP) is 12.4. The molecule has 2 heterocycles. The van der Waals surface area contributed by atoms with Crippen molar-refractivity contribution in [2.45, 2.75) is 0 Å². The lowest BCUT2D eigenvalue weighted by Gasteiger charge is -2.13. The van der Waals surface area contributed by atoms with Gasteiger partial charge in [-0.25, -0.2) is 15.0 Å². The normalized spacial score (nSPS) is 11.5. The lowest BCUT2D eigenvalue weighted by atomic mass is 9.92. The highest BCUT2D eigenvalue weighted by Crippen LogP contribution is 2.40. The van der Waals surface area contributed by atoms with Gasteiger partial charge in [-0.2, -0.15) is 0 Å². The van der Waals surface area contributed by atoms with Crippen molar-refractivity contribution in [3.05, 3.63) is 176 Å². The molecule has 8 aromatic carbocycles. The van der Waals surface area contributed by atoms with Gasteiger partial charge in [0.1, 0.15) is 11.2 Å². The number of hydrogen-bond acceptors (Lipinski definition) is 4. The van der Waals surface area contributed by atoms with Crippen molar-refractivity contribution >= 4 is 43.5 Å². The summed E-state index contributed by atoms with van der Waals surface area (Å²) >= 11 is 0. The van der Waals surface area contributed by atoms with Crippen molar-refractivity contribution < 1.29 is 4.42 Å². The molecule has 10 aromatic rings. The van der Waals surface area contributed by atoms with Crippen molar-refractivity contribution in [2.75, 3.05) is 0 Å². The van der Waals surface area contributed by atoms with E-state index in [1.807, 2.05) is 48.5 Å². The van der Waals surface area contributed by atoms with E-state index in [9.17, 15) is 0 Å². The molecule has 0 bridgehead atoms. The number of hydrogen-bond donors (Lipinski definition) is 0. The zero-order chi connectivity index (χ0) is 33.7. The largest absolute Gasteiger partial charge is 0.456 e. The molecule has 0 aliphatic heterocycles. The Morgan fingerprint density at radius 1 is 0.314 bits per heavy atom. The molecular weight excluding hydrogens is 623 g/mol. The predicted molar refractivity (Wildman–Crippen MR) is 209 cm³/mol. The average molecular weight is 652 g/mol. The summed E-state index contributed by atoms with van der Waals surface area (Å²) in [6, 6.07) is 61.0. The summed E-state index contributed by atoms with van der Waals surface area (Å²) in [7, 11) is 0. The SMILES string of the molecule is c1ccc(-c2ccc3c(c2)oc2cccc(-c4nc(-c5ccccc5)nc(-c5ccc6cc(-c7ccccc7)c7ccccc7c6c5)n4)c23)cc1. The Bertz CT molecular complexity index is 2900. The third kappa shape index (κ3) is 5.04. The van der Waals surface area contributed by atoms with E-state index < -0.39 is 0 Å². The van der Waals surface area contributed by atoms with Gasteiger partial charge in [-0.05, 0) is 74.1 Å². The van der Waals surface area contributed by atoms with Gasteiger partial charge in [-0.15, -0.1) is 0 Å². The zero-order valence-corrected chi connectivity index (χ0v) is 27.5. The monoisotopic (exact) mass is 651 g/mol. The first kappa shape index (κ1) is 29.0. The molecule has 51 heavy (non-hydrogen) atoms. The highest BCUT2D eigenvalue weighted by Gasteiger charge is 2.19. The van der Waals surface area contributed by atoms with Gasteiger partial charge in [-0.3, -0.25) is 0 Å². The van der Waals surface area contributed by atoms with Crippen molar-refractivity contribution in [3.8, 4) is 56.4 Å². The summed E-state index contributed by atoms with van der Waals surface area (Å²) in [4.78, 5) is 15.4. The maximum absolute atomic E-state index is 6.47. The quantitative estimate of drug-likeness (QED) is 0.174. The van der Waals surface area contributed by atoms with E-state index in [1.165, 1.54) is 27.3 Å². The van der Waals surface area contributed by atoms with Gasteiger partial charge in [0.25, 0.3) is 0 Å². The molecule has 4 nitrogen and oxygen atoms in total. The van der Waals surface area contributed by atoms with Crippen LogP contribution in [0.2, 0.25) is 0 Å². The molecule has 0 amide bonds. The van der Waals surface area contributed by atoms with Crippen molar-refractivity contribution in [1.82, 2.24) is 15.0 Å². The summed E-state index contributed by atoms with van der Waals surface area (Å²) in [5.74, 6) is 1.84. The molecule has 4 heteroatoms. The number of aromatic nitrogens is 3. The molecular formula is C47H29N3O. The van der Waals surface area contributed by atoms with Gasteiger partial charge in [0.05, 0.1) is 0 Å². The first-order valence-corrected chi connectivity index (χ1v) is 17.1. The number of fused-ring (bicyclic) bond motifs is 6. The highest BCUT2D eigenvalue weighted by molar-refractivity contribution is 6.15. The fourth-order valence-corrected chi connectivity index (χ4v) is 7.26. The van der Waals surface area contributed by atoms with Crippen LogP contribution in [0.4, 0.5) is 0 Å². The third-order valence-electron chi connectivity index (χ3n) is 9.72. The van der Waals surface area contributed by atoms with Crippen LogP contribution in [0.5, 0.6) is 0 Å². The first-order valence-electron chi connectivity index (χ1n) is 17.1. The van der Waals surface area contributed by atoms with Crippen molar-refractivity contribution in [3.63, 3.8) is 0 Å². The molecule has 0 saturated carbocycles. The van der Waals surface area contributed by atoms with Gasteiger partial charge in [0, 0.05) is 27.5 Å². The Hall–Kier alpha value is -6.91. The minimum Gasteiger partial charge on any atom is -0.456 e. The topological polar surface area (TPSA) is 51.8 Å². The van der Waals surface area contributed by atoms with Crippen LogP contribution in [0.1, 0.15) is 0 Å². The van der Waals surface area contributed by atoms with Crippen LogP contribution in [0.25, 0.3) is 99.9 Å². The second kappa shape index (κ2) is 11.9. The van der Waals surface area contributed by atoms with E-state index in [2.05, 4.69) is 127 Å². The van der Waals surface area contributed by atoms with Crippen LogP contribution < -0.4 is 0 Å². The van der Waals surface area contributed by atoms with Gasteiger partial charge in [0.15, 0.2) is 17.5 Å². The Kier molecular flexibility index (Phi) is 6.78. The first-order chi connectivity index (χ1) is 25.3. The van der Waals surface area contributed by atoms with E-state index in [4.69, 9.17) is 19.4 Å². The molecule has 0 aliphatic rings. The fourth-order valence-electron chi connectivity index (χ4n) is 7.26. The maximum atomic E-state index is 6.47. The number of furan rings is 1. The Morgan fingerprint density at radius 2 is 0.941 bits per heavy atom. The summed E-state index contributed by atoms with van der Waals surface area (Å²) < 4.78 is 6.47. The second-order valence-electron chi connectivity index (χ2n) is 12.8. The second-order valence-corrected chi connectivity index (χ2v) is 12.8. The zero-order valence-electron chi connectivity index (χ0n) is 27.5. The molecule has 238 valence electrons. The highest BCUT2D eigenvalue weighted by atomic mass is 16.3. The third-order valence-corrected chi connectivity index (χ3v) is 9.72. The molecule has 0 aliphatic carbocycles. The smallest absolute Gasteiger partial charge is 0.164 e. The average Bonchev–Trinajstić information content (AvgIpc) is 3.59. The number of nitrogens with zero attached hydrogens (tertiary/aromatic N) is 3. The minimum atomic E-state index is 0.601. The molecule has 10 rings (SSSR count). The minimum absolute atomic E-state index is 0.601. The molecule has 0 spiro atoms. The number of rotatable bonds is 5. The van der Waals surface area contributed by atoms with E-state index in [-0.39, 0.29) is 0 Å². The van der Waals surface area contributed by atoms with Crippen LogP contribution in [-0.2, 0) is 0 Å². The summed E-state index contributed by atoms with van der Waals surface area (Å²) in [5, 5.41) is 6.74. The Labute approximate surface area is 294 Å². The Balaban J connectivity index is 1.17. The van der Waals surface area contributed by atoms with Gasteiger partial charge in [-0.1, -0.05) is 146 Å². The Morgan fingerprint density at radius 3 is 1.71 bits per heavy atom. The molecule has 0 fully saturated rings. The molecule has 0 N–H and O–H groups in total. The maximum Gasteiger partial charge on any atom is 0.164 e. The van der Waals surface area contributed by atoms with E-state index in [1.54, 1.807) is 0 Å². The van der Waals surface area contributed by atoms with Crippen LogP contribution in [-0.4, -0.2) is 15.0 Å². The van der Waals surface area contributed by atoms with Gasteiger partial charge < -0.3 is 4.42 Å². The van der Waals surface area contributed by atoms with E-state index >= 15 is 0 Å². The number of benzene rings is 8.